The van der Waals surface area contributed by atoms with Crippen LogP contribution in [0.4, 0.5) is 15.8 Å². The molecule has 2 aromatic rings. The van der Waals surface area contributed by atoms with Crippen LogP contribution in [0.25, 0.3) is 11.1 Å². The lowest BCUT2D eigenvalue weighted by Gasteiger charge is -2.15. The third kappa shape index (κ3) is 3.26. The minimum Gasteiger partial charge on any atom is -0.399 e. The molecule has 2 rings (SSSR count). The average molecular weight is 276 g/mol. The molecule has 5 heteroatoms. The molecule has 0 amide bonds. The molecule has 0 heterocycles. The van der Waals surface area contributed by atoms with Crippen molar-refractivity contribution in [3.05, 3.63) is 48.3 Å². The highest BCUT2D eigenvalue weighted by Gasteiger charge is 2.11. The summed E-state index contributed by atoms with van der Waals surface area (Å²) in [5, 5.41) is 21.2. The van der Waals surface area contributed by atoms with Crippen molar-refractivity contribution in [1.29, 1.82) is 0 Å². The van der Waals surface area contributed by atoms with Gasteiger partial charge in [-0.1, -0.05) is 18.2 Å². The second kappa shape index (κ2) is 6.36. The molecular formula is C15H17FN2O2. The SMILES string of the molecule is Nc1ccc(NCC(O)CO)c(-c2ccccc2F)c1. The maximum atomic E-state index is 13.9. The highest BCUT2D eigenvalue weighted by molar-refractivity contribution is 5.81. The fourth-order valence-electron chi connectivity index (χ4n) is 1.91. The lowest BCUT2D eigenvalue weighted by Crippen LogP contribution is -2.23. The first-order valence-corrected chi connectivity index (χ1v) is 6.29. The maximum Gasteiger partial charge on any atom is 0.131 e. The summed E-state index contributed by atoms with van der Waals surface area (Å²) in [5.41, 5.74) is 7.98. The van der Waals surface area contributed by atoms with Gasteiger partial charge in [-0.05, 0) is 24.3 Å². The topological polar surface area (TPSA) is 78.5 Å². The van der Waals surface area contributed by atoms with E-state index in [0.717, 1.165) is 0 Å². The van der Waals surface area contributed by atoms with Gasteiger partial charge in [-0.3, -0.25) is 0 Å². The molecule has 4 nitrogen and oxygen atoms in total. The van der Waals surface area contributed by atoms with E-state index in [1.807, 2.05) is 0 Å². The van der Waals surface area contributed by atoms with E-state index in [2.05, 4.69) is 5.32 Å². The number of nitrogens with one attached hydrogen (secondary N) is 1. The van der Waals surface area contributed by atoms with E-state index in [1.165, 1.54) is 6.07 Å². The summed E-state index contributed by atoms with van der Waals surface area (Å²) in [5.74, 6) is -0.344. The molecule has 0 radical (unpaired) electrons. The third-order valence-corrected chi connectivity index (χ3v) is 2.95. The number of hydrogen-bond acceptors (Lipinski definition) is 4. The van der Waals surface area contributed by atoms with Gasteiger partial charge in [0.2, 0.25) is 0 Å². The van der Waals surface area contributed by atoms with Gasteiger partial charge in [-0.2, -0.15) is 0 Å². The maximum absolute atomic E-state index is 13.9. The van der Waals surface area contributed by atoms with E-state index in [0.29, 0.717) is 22.5 Å². The number of aliphatic hydroxyl groups excluding tert-OH is 2. The fourth-order valence-corrected chi connectivity index (χ4v) is 1.91. The highest BCUT2D eigenvalue weighted by atomic mass is 19.1. The predicted molar refractivity (Wildman–Crippen MR) is 77.8 cm³/mol. The van der Waals surface area contributed by atoms with Gasteiger partial charge in [0.15, 0.2) is 0 Å². The minimum atomic E-state index is -0.874. The van der Waals surface area contributed by atoms with E-state index in [4.69, 9.17) is 10.8 Å². The molecular weight excluding hydrogens is 259 g/mol. The Morgan fingerprint density at radius 2 is 1.90 bits per heavy atom. The van der Waals surface area contributed by atoms with Gasteiger partial charge in [0.05, 0.1) is 12.7 Å². The summed E-state index contributed by atoms with van der Waals surface area (Å²) in [7, 11) is 0. The van der Waals surface area contributed by atoms with E-state index in [-0.39, 0.29) is 19.0 Å². The second-order valence-corrected chi connectivity index (χ2v) is 4.50. The van der Waals surface area contributed by atoms with Gasteiger partial charge in [0, 0.05) is 29.0 Å². The summed E-state index contributed by atoms with van der Waals surface area (Å²) in [6.07, 6.45) is -0.874. The van der Waals surface area contributed by atoms with Crippen LogP contribution < -0.4 is 11.1 Å². The minimum absolute atomic E-state index is 0.169. The van der Waals surface area contributed by atoms with Crippen LogP contribution in [0.3, 0.4) is 0 Å². The van der Waals surface area contributed by atoms with Crippen LogP contribution in [-0.4, -0.2) is 29.5 Å². The molecule has 0 fully saturated rings. The van der Waals surface area contributed by atoms with Crippen molar-refractivity contribution in [2.45, 2.75) is 6.10 Å². The molecule has 5 N–H and O–H groups in total. The molecule has 0 saturated carbocycles. The summed E-state index contributed by atoms with van der Waals surface area (Å²) >= 11 is 0. The molecule has 0 aliphatic rings. The molecule has 0 aliphatic carbocycles. The quantitative estimate of drug-likeness (QED) is 0.628. The lowest BCUT2D eigenvalue weighted by molar-refractivity contribution is 0.105. The van der Waals surface area contributed by atoms with Crippen molar-refractivity contribution < 1.29 is 14.6 Å². The highest BCUT2D eigenvalue weighted by Crippen LogP contribution is 2.31. The van der Waals surface area contributed by atoms with Crippen LogP contribution in [0.2, 0.25) is 0 Å². The normalized spacial score (nSPS) is 12.2. The lowest BCUT2D eigenvalue weighted by atomic mass is 10.0. The fraction of sp³-hybridized carbons (Fsp3) is 0.200. The van der Waals surface area contributed by atoms with Crippen LogP contribution >= 0.6 is 0 Å². The van der Waals surface area contributed by atoms with Crippen molar-refractivity contribution in [2.24, 2.45) is 0 Å². The zero-order chi connectivity index (χ0) is 14.5. The van der Waals surface area contributed by atoms with Gasteiger partial charge in [0.25, 0.3) is 0 Å². The molecule has 2 aromatic carbocycles. The Balaban J connectivity index is 2.36. The van der Waals surface area contributed by atoms with Gasteiger partial charge in [0.1, 0.15) is 5.82 Å². The zero-order valence-electron chi connectivity index (χ0n) is 10.9. The van der Waals surface area contributed by atoms with Crippen molar-refractivity contribution in [2.75, 3.05) is 24.2 Å². The number of rotatable bonds is 5. The Bertz CT molecular complexity index is 590. The molecule has 0 spiro atoms. The second-order valence-electron chi connectivity index (χ2n) is 4.50. The number of aliphatic hydroxyl groups is 2. The van der Waals surface area contributed by atoms with E-state index < -0.39 is 6.10 Å². The van der Waals surface area contributed by atoms with Gasteiger partial charge < -0.3 is 21.3 Å². The Hall–Kier alpha value is -2.11. The van der Waals surface area contributed by atoms with E-state index in [9.17, 15) is 9.50 Å². The van der Waals surface area contributed by atoms with E-state index >= 15 is 0 Å². The Morgan fingerprint density at radius 3 is 2.60 bits per heavy atom. The van der Waals surface area contributed by atoms with Crippen LogP contribution in [0.15, 0.2) is 42.5 Å². The molecule has 0 saturated heterocycles. The monoisotopic (exact) mass is 276 g/mol. The first-order valence-electron chi connectivity index (χ1n) is 6.29. The van der Waals surface area contributed by atoms with Gasteiger partial charge >= 0.3 is 0 Å². The summed E-state index contributed by atoms with van der Waals surface area (Å²) < 4.78 is 13.9. The predicted octanol–water partition coefficient (Wildman–Crippen LogP) is 1.84. The number of benzene rings is 2. The number of nitrogens with two attached hydrogens (primary N) is 1. The molecule has 106 valence electrons. The van der Waals surface area contributed by atoms with Crippen molar-refractivity contribution >= 4 is 11.4 Å². The van der Waals surface area contributed by atoms with Gasteiger partial charge in [-0.25, -0.2) is 4.39 Å². The average Bonchev–Trinajstić information content (AvgIpc) is 2.46. The smallest absolute Gasteiger partial charge is 0.131 e. The first-order chi connectivity index (χ1) is 9.61. The standard InChI is InChI=1S/C15H17FN2O2/c16-14-4-2-1-3-12(14)13-7-10(17)5-6-15(13)18-8-11(20)9-19/h1-7,11,18-20H,8-9,17H2. The third-order valence-electron chi connectivity index (χ3n) is 2.95. The Kier molecular flexibility index (Phi) is 4.55. The summed E-state index contributed by atoms with van der Waals surface area (Å²) in [4.78, 5) is 0. The van der Waals surface area contributed by atoms with E-state index in [1.54, 1.807) is 36.4 Å². The number of hydrogen-bond donors (Lipinski definition) is 4. The van der Waals surface area contributed by atoms with Crippen molar-refractivity contribution in [3.63, 3.8) is 0 Å². The summed E-state index contributed by atoms with van der Waals surface area (Å²) in [6.45, 7) is -0.168. The first kappa shape index (κ1) is 14.3. The van der Waals surface area contributed by atoms with Crippen LogP contribution in [0, 0.1) is 5.82 Å². The molecule has 0 aromatic heterocycles. The molecule has 20 heavy (non-hydrogen) atoms. The Labute approximate surface area is 116 Å². The number of halogens is 1. The van der Waals surface area contributed by atoms with Crippen LogP contribution in [0.1, 0.15) is 0 Å². The number of anilines is 2. The summed E-state index contributed by atoms with van der Waals surface area (Å²) in [6, 6.07) is 11.5. The van der Waals surface area contributed by atoms with Crippen molar-refractivity contribution in [1.82, 2.24) is 0 Å². The molecule has 0 aliphatic heterocycles. The van der Waals surface area contributed by atoms with Crippen molar-refractivity contribution in [3.8, 4) is 11.1 Å². The zero-order valence-corrected chi connectivity index (χ0v) is 10.9. The van der Waals surface area contributed by atoms with Crippen LogP contribution in [-0.2, 0) is 0 Å². The van der Waals surface area contributed by atoms with Gasteiger partial charge in [-0.15, -0.1) is 0 Å². The van der Waals surface area contributed by atoms with Crippen LogP contribution in [0.5, 0.6) is 0 Å². The molecule has 1 unspecified atom stereocenters. The Morgan fingerprint density at radius 1 is 1.15 bits per heavy atom. The largest absolute Gasteiger partial charge is 0.399 e. The molecule has 1 atom stereocenters. The molecule has 0 bridgehead atoms. The number of nitrogen functional groups attached to an aromatic ring is 1.